The van der Waals surface area contributed by atoms with Crippen LogP contribution in [0.15, 0.2) is 24.9 Å². The summed E-state index contributed by atoms with van der Waals surface area (Å²) in [4.78, 5) is 5.28. The maximum absolute atomic E-state index is 5.64. The van der Waals surface area contributed by atoms with E-state index in [1.165, 1.54) is 0 Å². The van der Waals surface area contributed by atoms with Gasteiger partial charge < -0.3 is 10.2 Å². The van der Waals surface area contributed by atoms with Crippen LogP contribution in [0.25, 0.3) is 10.6 Å². The first-order valence-electron chi connectivity index (χ1n) is 4.80. The van der Waals surface area contributed by atoms with Gasteiger partial charge in [0.05, 0.1) is 14.9 Å². The van der Waals surface area contributed by atoms with Crippen molar-refractivity contribution in [3.63, 3.8) is 0 Å². The van der Waals surface area contributed by atoms with Crippen LogP contribution in [-0.2, 0) is 6.42 Å². The Morgan fingerprint density at radius 3 is 2.88 bits per heavy atom. The summed E-state index contributed by atoms with van der Waals surface area (Å²) in [6.45, 7) is 0.661. The first-order valence-corrected chi connectivity index (χ1v) is 7.21. The SMILES string of the molecule is NCCCc1ncc(-c2cc(Br)c(Br)s2)o1. The van der Waals surface area contributed by atoms with Gasteiger partial charge >= 0.3 is 0 Å². The van der Waals surface area contributed by atoms with Crippen molar-refractivity contribution in [3.05, 3.63) is 26.4 Å². The van der Waals surface area contributed by atoms with Crippen LogP contribution in [0.5, 0.6) is 0 Å². The molecular weight excluding hydrogens is 356 g/mol. The Balaban J connectivity index is 2.18. The second-order valence-electron chi connectivity index (χ2n) is 3.24. The molecule has 0 aliphatic heterocycles. The van der Waals surface area contributed by atoms with Crippen molar-refractivity contribution >= 4 is 43.2 Å². The zero-order valence-electron chi connectivity index (χ0n) is 8.37. The smallest absolute Gasteiger partial charge is 0.194 e. The number of thiophene rings is 1. The van der Waals surface area contributed by atoms with Crippen LogP contribution < -0.4 is 5.73 Å². The number of rotatable bonds is 4. The summed E-state index contributed by atoms with van der Waals surface area (Å²) >= 11 is 8.52. The molecule has 0 atom stereocenters. The van der Waals surface area contributed by atoms with Gasteiger partial charge in [0.25, 0.3) is 0 Å². The highest BCUT2D eigenvalue weighted by Crippen LogP contribution is 2.38. The molecule has 0 saturated heterocycles. The third-order valence-electron chi connectivity index (χ3n) is 2.04. The zero-order valence-corrected chi connectivity index (χ0v) is 12.4. The van der Waals surface area contributed by atoms with E-state index in [0.717, 1.165) is 37.6 Å². The van der Waals surface area contributed by atoms with Gasteiger partial charge in [-0.25, -0.2) is 4.98 Å². The minimum Gasteiger partial charge on any atom is -0.440 e. The van der Waals surface area contributed by atoms with E-state index in [2.05, 4.69) is 36.8 Å². The lowest BCUT2D eigenvalue weighted by atomic mass is 10.3. The van der Waals surface area contributed by atoms with Crippen LogP contribution in [0.1, 0.15) is 12.3 Å². The van der Waals surface area contributed by atoms with Crippen molar-refractivity contribution in [2.75, 3.05) is 6.54 Å². The Morgan fingerprint density at radius 1 is 1.44 bits per heavy atom. The summed E-state index contributed by atoms with van der Waals surface area (Å²) in [5.41, 5.74) is 5.44. The Kier molecular flexibility index (Phi) is 4.18. The number of hydrogen-bond donors (Lipinski definition) is 1. The van der Waals surface area contributed by atoms with E-state index in [4.69, 9.17) is 10.2 Å². The largest absolute Gasteiger partial charge is 0.440 e. The Morgan fingerprint density at radius 2 is 2.25 bits per heavy atom. The van der Waals surface area contributed by atoms with E-state index in [0.29, 0.717) is 6.54 Å². The van der Waals surface area contributed by atoms with Crippen molar-refractivity contribution in [2.45, 2.75) is 12.8 Å². The van der Waals surface area contributed by atoms with Crippen molar-refractivity contribution in [3.8, 4) is 10.6 Å². The molecule has 3 nitrogen and oxygen atoms in total. The van der Waals surface area contributed by atoms with Crippen molar-refractivity contribution < 1.29 is 4.42 Å². The summed E-state index contributed by atoms with van der Waals surface area (Å²) in [5.74, 6) is 1.56. The van der Waals surface area contributed by atoms with Crippen molar-refractivity contribution in [2.24, 2.45) is 5.73 Å². The normalized spacial score (nSPS) is 10.9. The van der Waals surface area contributed by atoms with Crippen LogP contribution in [0, 0.1) is 0 Å². The van der Waals surface area contributed by atoms with E-state index < -0.39 is 0 Å². The lowest BCUT2D eigenvalue weighted by molar-refractivity contribution is 0.500. The summed E-state index contributed by atoms with van der Waals surface area (Å²) in [7, 11) is 0. The second-order valence-corrected chi connectivity index (χ2v) is 6.47. The number of halogens is 2. The van der Waals surface area contributed by atoms with Gasteiger partial charge in [-0.2, -0.15) is 0 Å². The summed E-state index contributed by atoms with van der Waals surface area (Å²) in [5, 5.41) is 0. The molecule has 0 bridgehead atoms. The minimum atomic E-state index is 0.661. The molecule has 2 rings (SSSR count). The maximum Gasteiger partial charge on any atom is 0.194 e. The van der Waals surface area contributed by atoms with Gasteiger partial charge in [0.2, 0.25) is 0 Å². The van der Waals surface area contributed by atoms with Gasteiger partial charge in [0.1, 0.15) is 0 Å². The molecule has 2 aromatic rings. The zero-order chi connectivity index (χ0) is 11.5. The van der Waals surface area contributed by atoms with Gasteiger partial charge in [0, 0.05) is 10.9 Å². The first kappa shape index (κ1) is 12.3. The molecule has 2 heterocycles. The van der Waals surface area contributed by atoms with Crippen LogP contribution in [-0.4, -0.2) is 11.5 Å². The molecule has 0 saturated carbocycles. The number of aromatic nitrogens is 1. The van der Waals surface area contributed by atoms with E-state index in [9.17, 15) is 0 Å². The van der Waals surface area contributed by atoms with Crippen LogP contribution in [0.3, 0.4) is 0 Å². The third kappa shape index (κ3) is 2.74. The Hall–Kier alpha value is -0.170. The molecule has 0 aliphatic carbocycles. The molecule has 16 heavy (non-hydrogen) atoms. The standard InChI is InChI=1S/C10H10Br2N2OS/c11-6-4-8(16-10(6)12)7-5-14-9(15-7)2-1-3-13/h4-5H,1-3,13H2. The highest BCUT2D eigenvalue weighted by molar-refractivity contribution is 9.13. The molecule has 6 heteroatoms. The minimum absolute atomic E-state index is 0.661. The van der Waals surface area contributed by atoms with Crippen LogP contribution in [0.4, 0.5) is 0 Å². The fraction of sp³-hybridized carbons (Fsp3) is 0.300. The molecule has 2 aromatic heterocycles. The number of oxazole rings is 1. The molecular formula is C10H10Br2N2OS. The molecule has 2 N–H and O–H groups in total. The predicted octanol–water partition coefficient (Wildman–Crippen LogP) is 3.82. The number of nitrogens with zero attached hydrogens (tertiary/aromatic N) is 1. The van der Waals surface area contributed by atoms with E-state index in [1.54, 1.807) is 17.5 Å². The van der Waals surface area contributed by atoms with Gasteiger partial charge in [-0.3, -0.25) is 0 Å². The van der Waals surface area contributed by atoms with Gasteiger partial charge in [-0.15, -0.1) is 11.3 Å². The monoisotopic (exact) mass is 364 g/mol. The highest BCUT2D eigenvalue weighted by Gasteiger charge is 2.11. The maximum atomic E-state index is 5.64. The Bertz CT molecular complexity index is 461. The molecule has 0 spiro atoms. The first-order chi connectivity index (χ1) is 7.70. The fourth-order valence-electron chi connectivity index (χ4n) is 1.26. The molecule has 0 aromatic carbocycles. The van der Waals surface area contributed by atoms with Crippen molar-refractivity contribution in [1.29, 1.82) is 0 Å². The van der Waals surface area contributed by atoms with E-state index >= 15 is 0 Å². The topological polar surface area (TPSA) is 52.0 Å². The van der Waals surface area contributed by atoms with E-state index in [-0.39, 0.29) is 0 Å². The number of nitrogens with two attached hydrogens (primary N) is 1. The van der Waals surface area contributed by atoms with Gasteiger partial charge in [-0.1, -0.05) is 0 Å². The fourth-order valence-corrected chi connectivity index (χ4v) is 3.24. The quantitative estimate of drug-likeness (QED) is 0.895. The molecule has 0 unspecified atom stereocenters. The number of aryl methyl sites for hydroxylation is 1. The van der Waals surface area contributed by atoms with Crippen LogP contribution >= 0.6 is 43.2 Å². The van der Waals surface area contributed by atoms with Crippen molar-refractivity contribution in [1.82, 2.24) is 4.98 Å². The highest BCUT2D eigenvalue weighted by atomic mass is 79.9. The third-order valence-corrected chi connectivity index (χ3v) is 5.31. The molecule has 86 valence electrons. The molecule has 0 radical (unpaired) electrons. The number of hydrogen-bond acceptors (Lipinski definition) is 4. The average molecular weight is 366 g/mol. The predicted molar refractivity (Wildman–Crippen MR) is 72.6 cm³/mol. The lowest BCUT2D eigenvalue weighted by Crippen LogP contribution is -2.00. The van der Waals surface area contributed by atoms with E-state index in [1.807, 2.05) is 6.07 Å². The average Bonchev–Trinajstić information content (AvgIpc) is 2.84. The molecule has 0 aliphatic rings. The Labute approximate surface area is 114 Å². The molecule has 0 amide bonds. The molecule has 0 fully saturated rings. The lowest BCUT2D eigenvalue weighted by Gasteiger charge is -1.91. The van der Waals surface area contributed by atoms with Gasteiger partial charge in [-0.05, 0) is 50.9 Å². The van der Waals surface area contributed by atoms with Gasteiger partial charge in [0.15, 0.2) is 11.7 Å². The summed E-state index contributed by atoms with van der Waals surface area (Å²) in [6.07, 6.45) is 3.46. The summed E-state index contributed by atoms with van der Waals surface area (Å²) in [6, 6.07) is 2.02. The van der Waals surface area contributed by atoms with Crippen LogP contribution in [0.2, 0.25) is 0 Å². The second kappa shape index (κ2) is 5.44. The summed E-state index contributed by atoms with van der Waals surface area (Å²) < 4.78 is 7.73.